The molecule has 2 spiro atoms. The van der Waals surface area contributed by atoms with Crippen LogP contribution in [-0.2, 0) is 18.3 Å². The number of aromatic nitrogens is 3. The van der Waals surface area contributed by atoms with E-state index in [1.165, 1.54) is 17.8 Å². The van der Waals surface area contributed by atoms with Crippen molar-refractivity contribution in [1.29, 1.82) is 0 Å². The summed E-state index contributed by atoms with van der Waals surface area (Å²) >= 11 is 0. The highest BCUT2D eigenvalue weighted by molar-refractivity contribution is 6.02. The molecular formula is C23H19FN4O. The first-order valence-electron chi connectivity index (χ1n) is 10.3. The molecule has 0 bridgehead atoms. The molecule has 0 aromatic carbocycles. The number of carbonyl (C=O) groups excluding carboxylic acids is 1. The molecule has 6 heteroatoms. The van der Waals surface area contributed by atoms with Crippen LogP contribution in [0.15, 0.2) is 30.6 Å². The lowest BCUT2D eigenvalue weighted by Crippen LogP contribution is -2.51. The minimum Gasteiger partial charge on any atom is -0.357 e. The molecule has 3 aromatic rings. The summed E-state index contributed by atoms with van der Waals surface area (Å²) in [5.41, 5.74) is 7.99. The van der Waals surface area contributed by atoms with Crippen molar-refractivity contribution in [1.82, 2.24) is 20.3 Å². The fourth-order valence-corrected chi connectivity index (χ4v) is 5.74. The Balaban J connectivity index is 1.42. The zero-order chi connectivity index (χ0) is 19.4. The zero-order valence-electron chi connectivity index (χ0n) is 15.8. The number of aryl methyl sites for hydroxylation is 1. The number of amides is 1. The van der Waals surface area contributed by atoms with Crippen molar-refractivity contribution in [2.45, 2.75) is 49.5 Å². The quantitative estimate of drug-likeness (QED) is 0.627. The van der Waals surface area contributed by atoms with Gasteiger partial charge in [0.25, 0.3) is 5.91 Å². The monoisotopic (exact) mass is 386 g/mol. The van der Waals surface area contributed by atoms with E-state index in [1.54, 1.807) is 6.07 Å². The van der Waals surface area contributed by atoms with E-state index in [-0.39, 0.29) is 16.9 Å². The Kier molecular flexibility index (Phi) is 2.69. The second-order valence-corrected chi connectivity index (χ2v) is 8.94. The van der Waals surface area contributed by atoms with Crippen molar-refractivity contribution in [3.8, 4) is 22.5 Å². The highest BCUT2D eigenvalue weighted by Gasteiger charge is 2.70. The fraction of sp³-hybridized carbons (Fsp3) is 0.348. The van der Waals surface area contributed by atoms with Crippen molar-refractivity contribution < 1.29 is 9.18 Å². The van der Waals surface area contributed by atoms with Gasteiger partial charge in [-0.25, -0.2) is 4.98 Å². The summed E-state index contributed by atoms with van der Waals surface area (Å²) in [7, 11) is 0. The summed E-state index contributed by atoms with van der Waals surface area (Å²) < 4.78 is 13.6. The Labute approximate surface area is 166 Å². The number of nitrogens with one attached hydrogen (secondary N) is 2. The number of carbonyl (C=O) groups is 1. The van der Waals surface area contributed by atoms with E-state index in [2.05, 4.69) is 20.3 Å². The van der Waals surface area contributed by atoms with Crippen LogP contribution in [0.2, 0.25) is 0 Å². The molecular weight excluding hydrogens is 367 g/mol. The standard InChI is InChI=1S/C23H19FN4O/c24-17-9-12(3-8-25-17)16-10-15-13(11-26-16)1-2-14-18-20(27-19(14)15)22(4-5-22)23(6-7-23)28-21(18)29/h3,8-11,27H,1-2,4-7H2,(H,28,29). The van der Waals surface area contributed by atoms with E-state index < -0.39 is 5.95 Å². The zero-order valence-corrected chi connectivity index (χ0v) is 15.8. The summed E-state index contributed by atoms with van der Waals surface area (Å²) in [5.74, 6) is -0.429. The van der Waals surface area contributed by atoms with E-state index in [9.17, 15) is 9.18 Å². The van der Waals surface area contributed by atoms with E-state index in [0.29, 0.717) is 5.56 Å². The smallest absolute Gasteiger partial charge is 0.253 e. The Morgan fingerprint density at radius 1 is 1.07 bits per heavy atom. The maximum absolute atomic E-state index is 13.6. The maximum atomic E-state index is 13.6. The van der Waals surface area contributed by atoms with Gasteiger partial charge in [0.05, 0.1) is 22.5 Å². The highest BCUT2D eigenvalue weighted by atomic mass is 19.1. The van der Waals surface area contributed by atoms with E-state index in [0.717, 1.165) is 72.3 Å². The van der Waals surface area contributed by atoms with Gasteiger partial charge in [-0.3, -0.25) is 9.78 Å². The van der Waals surface area contributed by atoms with Gasteiger partial charge in [0.1, 0.15) is 0 Å². The first-order valence-corrected chi connectivity index (χ1v) is 10.3. The van der Waals surface area contributed by atoms with Gasteiger partial charge >= 0.3 is 0 Å². The summed E-state index contributed by atoms with van der Waals surface area (Å²) in [6.07, 6.45) is 9.50. The molecule has 29 heavy (non-hydrogen) atoms. The molecule has 0 unspecified atom stereocenters. The van der Waals surface area contributed by atoms with Crippen LogP contribution in [0.25, 0.3) is 22.5 Å². The van der Waals surface area contributed by atoms with Crippen molar-refractivity contribution in [2.24, 2.45) is 0 Å². The summed E-state index contributed by atoms with van der Waals surface area (Å²) in [5, 5.41) is 3.36. The number of hydrogen-bond acceptors (Lipinski definition) is 3. The molecule has 3 aliphatic carbocycles. The van der Waals surface area contributed by atoms with Crippen molar-refractivity contribution in [2.75, 3.05) is 0 Å². The molecule has 3 aromatic heterocycles. The summed E-state index contributed by atoms with van der Waals surface area (Å²) in [4.78, 5) is 24.9. The molecule has 5 nitrogen and oxygen atoms in total. The third-order valence-corrected chi connectivity index (χ3v) is 7.50. The summed E-state index contributed by atoms with van der Waals surface area (Å²) in [6, 6.07) is 5.20. The van der Waals surface area contributed by atoms with Gasteiger partial charge in [-0.15, -0.1) is 0 Å². The van der Waals surface area contributed by atoms with Gasteiger partial charge in [0.15, 0.2) is 0 Å². The van der Waals surface area contributed by atoms with E-state index >= 15 is 0 Å². The maximum Gasteiger partial charge on any atom is 0.253 e. The second kappa shape index (κ2) is 4.93. The third-order valence-electron chi connectivity index (χ3n) is 7.50. The third kappa shape index (κ3) is 1.92. The minimum absolute atomic E-state index is 0.00860. The topological polar surface area (TPSA) is 70.7 Å². The molecule has 4 aliphatic rings. The Morgan fingerprint density at radius 2 is 1.93 bits per heavy atom. The first-order chi connectivity index (χ1) is 14.1. The van der Waals surface area contributed by atoms with Gasteiger partial charge in [-0.05, 0) is 61.8 Å². The number of pyridine rings is 2. The van der Waals surface area contributed by atoms with Gasteiger partial charge in [-0.2, -0.15) is 4.39 Å². The lowest BCUT2D eigenvalue weighted by molar-refractivity contribution is 0.0898. The van der Waals surface area contributed by atoms with Gasteiger partial charge in [0.2, 0.25) is 5.95 Å². The largest absolute Gasteiger partial charge is 0.357 e. The minimum atomic E-state index is -0.514. The number of aromatic amines is 1. The highest BCUT2D eigenvalue weighted by Crippen LogP contribution is 2.67. The van der Waals surface area contributed by atoms with Crippen LogP contribution in [0.5, 0.6) is 0 Å². The molecule has 2 fully saturated rings. The molecule has 7 rings (SSSR count). The van der Waals surface area contributed by atoms with Gasteiger partial charge < -0.3 is 10.3 Å². The molecule has 2 saturated carbocycles. The second-order valence-electron chi connectivity index (χ2n) is 8.94. The number of hydrogen-bond donors (Lipinski definition) is 2. The van der Waals surface area contributed by atoms with Crippen LogP contribution in [0.3, 0.4) is 0 Å². The molecule has 2 N–H and O–H groups in total. The predicted octanol–water partition coefficient (Wildman–Crippen LogP) is 3.68. The fourth-order valence-electron chi connectivity index (χ4n) is 5.74. The van der Waals surface area contributed by atoms with Crippen molar-refractivity contribution in [3.63, 3.8) is 0 Å². The van der Waals surface area contributed by atoms with E-state index in [1.807, 2.05) is 12.3 Å². The Morgan fingerprint density at radius 3 is 2.69 bits per heavy atom. The molecule has 0 atom stereocenters. The lowest BCUT2D eigenvalue weighted by Gasteiger charge is -2.33. The molecule has 144 valence electrons. The number of fused-ring (bicyclic) bond motifs is 7. The Bertz CT molecular complexity index is 1240. The average Bonchev–Trinajstić information content (AvgIpc) is 3.64. The number of rotatable bonds is 1. The Hall–Kier alpha value is -3.02. The summed E-state index contributed by atoms with van der Waals surface area (Å²) in [6.45, 7) is 0. The number of nitrogens with zero attached hydrogens (tertiary/aromatic N) is 2. The van der Waals surface area contributed by atoms with Gasteiger partial charge in [0, 0.05) is 40.7 Å². The molecule has 0 saturated heterocycles. The molecule has 1 amide bonds. The van der Waals surface area contributed by atoms with Crippen molar-refractivity contribution in [3.05, 3.63) is 58.9 Å². The normalized spacial score (nSPS) is 21.3. The van der Waals surface area contributed by atoms with E-state index in [4.69, 9.17) is 0 Å². The number of H-pyrrole nitrogens is 1. The van der Waals surface area contributed by atoms with Crippen molar-refractivity contribution >= 4 is 5.91 Å². The lowest BCUT2D eigenvalue weighted by atomic mass is 9.81. The average molecular weight is 386 g/mol. The molecule has 1 aliphatic heterocycles. The molecule has 0 radical (unpaired) electrons. The predicted molar refractivity (Wildman–Crippen MR) is 105 cm³/mol. The number of halogens is 1. The SMILES string of the molecule is O=C1NC2(CC2)C2(CC2)c2[nH]c3c(c21)CCc1cnc(-c2ccnc(F)c2)cc1-3. The molecule has 4 heterocycles. The first kappa shape index (κ1) is 15.9. The van der Waals surface area contributed by atoms with Crippen LogP contribution in [-0.4, -0.2) is 26.4 Å². The van der Waals surface area contributed by atoms with Crippen LogP contribution in [0.1, 0.15) is 52.9 Å². The van der Waals surface area contributed by atoms with Gasteiger partial charge in [-0.1, -0.05) is 0 Å². The van der Waals surface area contributed by atoms with Crippen LogP contribution >= 0.6 is 0 Å². The van der Waals surface area contributed by atoms with Crippen LogP contribution in [0.4, 0.5) is 4.39 Å². The van der Waals surface area contributed by atoms with Crippen LogP contribution in [0, 0.1) is 5.95 Å². The van der Waals surface area contributed by atoms with Crippen LogP contribution < -0.4 is 5.32 Å².